The summed E-state index contributed by atoms with van der Waals surface area (Å²) in [6.45, 7) is 10.6. The minimum atomic E-state index is -0.655. The molecule has 280 valence electrons. The molecule has 5 N–H and O–H groups in total. The molecule has 0 saturated heterocycles. The van der Waals surface area contributed by atoms with Crippen LogP contribution in [0, 0.1) is 13.8 Å². The number of anilines is 2. The van der Waals surface area contributed by atoms with Crippen molar-refractivity contribution in [1.82, 2.24) is 49.0 Å². The number of methoxy groups -OCH3 is 1. The van der Waals surface area contributed by atoms with Crippen molar-refractivity contribution in [3.8, 4) is 5.75 Å². The number of aryl methyl sites for hydroxylation is 4. The molecule has 18 nitrogen and oxygen atoms in total. The molecule has 1 aromatic carbocycles. The molecular formula is C36H41N13O5. The SMILES string of the molecule is CCn1nc(C)cc1C(=O)Nc1nc2cc(CNC(C)=O)cnc2n1C/C=C/Cn1c(NC(=O)c2cc(C)nn2CC)nc2cc(C(N)=O)cc(OC)c21. The molecule has 0 fully saturated rings. The minimum absolute atomic E-state index is 0.177. The average Bonchev–Trinajstić information content (AvgIpc) is 3.90. The number of nitrogens with zero attached hydrogens (tertiary/aromatic N) is 9. The predicted molar refractivity (Wildman–Crippen MR) is 200 cm³/mol. The summed E-state index contributed by atoms with van der Waals surface area (Å²) in [5, 5.41) is 17.4. The van der Waals surface area contributed by atoms with E-state index in [1.807, 2.05) is 32.9 Å². The summed E-state index contributed by atoms with van der Waals surface area (Å²) in [6.07, 6.45) is 5.37. The number of benzene rings is 1. The highest BCUT2D eigenvalue weighted by Crippen LogP contribution is 2.31. The molecular weight excluding hydrogens is 694 g/mol. The monoisotopic (exact) mass is 735 g/mol. The lowest BCUT2D eigenvalue weighted by Crippen LogP contribution is -2.20. The Morgan fingerprint density at radius 1 is 0.815 bits per heavy atom. The van der Waals surface area contributed by atoms with E-state index in [-0.39, 0.29) is 48.9 Å². The Kier molecular flexibility index (Phi) is 10.5. The number of hydrogen-bond acceptors (Lipinski definition) is 10. The molecule has 18 heteroatoms. The van der Waals surface area contributed by atoms with Gasteiger partial charge in [0.2, 0.25) is 23.7 Å². The van der Waals surface area contributed by atoms with Crippen LogP contribution in [0.2, 0.25) is 0 Å². The van der Waals surface area contributed by atoms with Crippen molar-refractivity contribution in [3.63, 3.8) is 0 Å². The third kappa shape index (κ3) is 7.52. The van der Waals surface area contributed by atoms with Crippen LogP contribution in [0.15, 0.2) is 48.7 Å². The van der Waals surface area contributed by atoms with Crippen LogP contribution < -0.4 is 26.4 Å². The van der Waals surface area contributed by atoms with E-state index >= 15 is 0 Å². The van der Waals surface area contributed by atoms with Gasteiger partial charge in [-0.25, -0.2) is 15.0 Å². The number of nitrogens with two attached hydrogens (primary N) is 1. The first-order valence-electron chi connectivity index (χ1n) is 17.2. The Morgan fingerprint density at radius 2 is 1.39 bits per heavy atom. The number of imidazole rings is 2. The van der Waals surface area contributed by atoms with Crippen molar-refractivity contribution in [2.45, 2.75) is 67.3 Å². The summed E-state index contributed by atoms with van der Waals surface area (Å²) in [6, 6.07) is 8.27. The highest BCUT2D eigenvalue weighted by Gasteiger charge is 2.22. The van der Waals surface area contributed by atoms with Crippen molar-refractivity contribution >= 4 is 57.7 Å². The molecule has 0 atom stereocenters. The van der Waals surface area contributed by atoms with Gasteiger partial charge in [0, 0.05) is 51.4 Å². The lowest BCUT2D eigenvalue weighted by atomic mass is 10.1. The fraction of sp³-hybridized carbons (Fsp3) is 0.306. The number of carbonyl (C=O) groups is 4. The van der Waals surface area contributed by atoms with Gasteiger partial charge in [0.15, 0.2) is 5.65 Å². The van der Waals surface area contributed by atoms with Crippen LogP contribution >= 0.6 is 0 Å². The summed E-state index contributed by atoms with van der Waals surface area (Å²) in [7, 11) is 1.47. The summed E-state index contributed by atoms with van der Waals surface area (Å²) >= 11 is 0. The first-order chi connectivity index (χ1) is 25.9. The van der Waals surface area contributed by atoms with Gasteiger partial charge in [0.1, 0.15) is 28.2 Å². The molecule has 6 aromatic rings. The summed E-state index contributed by atoms with van der Waals surface area (Å²) in [5.41, 5.74) is 10.6. The van der Waals surface area contributed by atoms with E-state index in [0.29, 0.717) is 63.8 Å². The second kappa shape index (κ2) is 15.4. The Hall–Kier alpha value is -6.85. The van der Waals surface area contributed by atoms with Crippen LogP contribution in [-0.2, 0) is 37.5 Å². The fourth-order valence-electron chi connectivity index (χ4n) is 6.07. The van der Waals surface area contributed by atoms with Gasteiger partial charge in [0.25, 0.3) is 11.8 Å². The number of amides is 4. The third-order valence-corrected chi connectivity index (χ3v) is 8.56. The Labute approximate surface area is 309 Å². The van der Waals surface area contributed by atoms with E-state index < -0.39 is 11.8 Å². The predicted octanol–water partition coefficient (Wildman–Crippen LogP) is 3.34. The van der Waals surface area contributed by atoms with Gasteiger partial charge < -0.3 is 20.4 Å². The molecule has 5 aromatic heterocycles. The van der Waals surface area contributed by atoms with Crippen molar-refractivity contribution in [3.05, 3.63) is 82.6 Å². The largest absolute Gasteiger partial charge is 0.494 e. The van der Waals surface area contributed by atoms with Gasteiger partial charge in [-0.1, -0.05) is 12.2 Å². The second-order valence-electron chi connectivity index (χ2n) is 12.5. The van der Waals surface area contributed by atoms with E-state index in [2.05, 4.69) is 36.1 Å². The molecule has 0 spiro atoms. The molecule has 54 heavy (non-hydrogen) atoms. The Morgan fingerprint density at radius 3 is 1.94 bits per heavy atom. The lowest BCUT2D eigenvalue weighted by Gasteiger charge is -2.11. The number of ether oxygens (including phenoxy) is 1. The van der Waals surface area contributed by atoms with E-state index in [1.54, 1.807) is 55.9 Å². The van der Waals surface area contributed by atoms with Gasteiger partial charge in [0.05, 0.1) is 24.0 Å². The average molecular weight is 736 g/mol. The number of primary amides is 1. The van der Waals surface area contributed by atoms with Gasteiger partial charge in [-0.2, -0.15) is 10.2 Å². The fourth-order valence-corrected chi connectivity index (χ4v) is 6.07. The summed E-state index contributed by atoms with van der Waals surface area (Å²) < 4.78 is 12.4. The molecule has 0 aliphatic heterocycles. The second-order valence-corrected chi connectivity index (χ2v) is 12.5. The first-order valence-corrected chi connectivity index (χ1v) is 17.2. The van der Waals surface area contributed by atoms with Crippen molar-refractivity contribution in [1.29, 1.82) is 0 Å². The van der Waals surface area contributed by atoms with Crippen LogP contribution in [0.3, 0.4) is 0 Å². The Balaban J connectivity index is 1.35. The van der Waals surface area contributed by atoms with E-state index in [9.17, 15) is 19.2 Å². The zero-order valence-corrected chi connectivity index (χ0v) is 30.8. The molecule has 0 bridgehead atoms. The number of nitrogens with one attached hydrogen (secondary N) is 3. The van der Waals surface area contributed by atoms with E-state index in [4.69, 9.17) is 15.5 Å². The smallest absolute Gasteiger partial charge is 0.276 e. The van der Waals surface area contributed by atoms with Gasteiger partial charge in [-0.3, -0.25) is 43.7 Å². The highest BCUT2D eigenvalue weighted by molar-refractivity contribution is 6.04. The lowest BCUT2D eigenvalue weighted by molar-refractivity contribution is -0.119. The number of allylic oxidation sites excluding steroid dienone is 2. The quantitative estimate of drug-likeness (QED) is 0.119. The number of hydrogen-bond donors (Lipinski definition) is 4. The van der Waals surface area contributed by atoms with Gasteiger partial charge in [-0.15, -0.1) is 0 Å². The van der Waals surface area contributed by atoms with Crippen LogP contribution in [0.25, 0.3) is 22.2 Å². The minimum Gasteiger partial charge on any atom is -0.494 e. The van der Waals surface area contributed by atoms with E-state index in [0.717, 1.165) is 5.56 Å². The van der Waals surface area contributed by atoms with Crippen molar-refractivity contribution < 1.29 is 23.9 Å². The standard InChI is InChI=1S/C36H41N13O5/c1-7-48-27(13-20(3)44-48)33(52)42-35-40-25-16-24(31(37)51)17-29(54-6)30(25)46(35)11-9-10-12-47-32-26(15-23(19-39-32)18-38-22(5)50)41-36(47)43-34(53)28-14-21(4)45-49(28)8-2/h9-10,13-17,19H,7-8,11-12,18H2,1-6H3,(H2,37,51)(H,38,50)(H,40,42,52)(H,41,43,53)/b10-9+. The molecule has 0 unspecified atom stereocenters. The number of carbonyl (C=O) groups excluding carboxylic acids is 4. The zero-order valence-electron chi connectivity index (χ0n) is 30.8. The molecule has 0 aliphatic carbocycles. The van der Waals surface area contributed by atoms with Crippen molar-refractivity contribution in [2.24, 2.45) is 5.73 Å². The van der Waals surface area contributed by atoms with Crippen molar-refractivity contribution in [2.75, 3.05) is 17.7 Å². The molecule has 0 saturated carbocycles. The molecule has 0 aliphatic rings. The maximum Gasteiger partial charge on any atom is 0.276 e. The van der Waals surface area contributed by atoms with Crippen LogP contribution in [0.4, 0.5) is 11.9 Å². The topological polar surface area (TPSA) is 224 Å². The highest BCUT2D eigenvalue weighted by atomic mass is 16.5. The number of rotatable bonds is 14. The summed E-state index contributed by atoms with van der Waals surface area (Å²) in [4.78, 5) is 64.6. The van der Waals surface area contributed by atoms with Crippen LogP contribution in [-0.4, -0.2) is 74.4 Å². The third-order valence-electron chi connectivity index (χ3n) is 8.56. The number of fused-ring (bicyclic) bond motifs is 2. The number of aromatic nitrogens is 9. The molecule has 0 radical (unpaired) electrons. The van der Waals surface area contributed by atoms with Gasteiger partial charge in [-0.05, 0) is 63.6 Å². The molecule has 5 heterocycles. The maximum absolute atomic E-state index is 13.5. The molecule has 4 amide bonds. The normalized spacial score (nSPS) is 11.4. The first kappa shape index (κ1) is 36.9. The number of pyridine rings is 1. The maximum atomic E-state index is 13.5. The summed E-state index contributed by atoms with van der Waals surface area (Å²) in [5.74, 6) is -0.831. The van der Waals surface area contributed by atoms with Crippen LogP contribution in [0.1, 0.15) is 69.1 Å². The van der Waals surface area contributed by atoms with Crippen LogP contribution in [0.5, 0.6) is 5.75 Å². The zero-order chi connectivity index (χ0) is 38.7. The molecule has 6 rings (SSSR count). The Bertz CT molecular complexity index is 2450. The van der Waals surface area contributed by atoms with Gasteiger partial charge >= 0.3 is 0 Å². The van der Waals surface area contributed by atoms with E-state index in [1.165, 1.54) is 20.1 Å².